The molecule has 0 heterocycles. The van der Waals surface area contributed by atoms with Crippen LogP contribution in [0.5, 0.6) is 0 Å². The van der Waals surface area contributed by atoms with Gasteiger partial charge in [0.25, 0.3) is 0 Å². The molecule has 1 aromatic carbocycles. The average molecular weight is 301 g/mol. The van der Waals surface area contributed by atoms with E-state index in [0.29, 0.717) is 0 Å². The van der Waals surface area contributed by atoms with Crippen LogP contribution in [0.1, 0.15) is 12.0 Å². The molecule has 0 spiro atoms. The Hall–Kier alpha value is -1.92. The van der Waals surface area contributed by atoms with E-state index in [2.05, 4.69) is 5.32 Å². The zero-order chi connectivity index (χ0) is 15.1. The molecule has 0 aliphatic carbocycles. The van der Waals surface area contributed by atoms with Crippen LogP contribution in [0.2, 0.25) is 5.02 Å². The van der Waals surface area contributed by atoms with E-state index in [1.165, 1.54) is 18.2 Å². The summed E-state index contributed by atoms with van der Waals surface area (Å²) in [5, 5.41) is 11.0. The van der Waals surface area contributed by atoms with Crippen LogP contribution >= 0.6 is 11.6 Å². The van der Waals surface area contributed by atoms with E-state index in [-0.39, 0.29) is 23.6 Å². The molecule has 1 aromatic rings. The highest BCUT2D eigenvalue weighted by Crippen LogP contribution is 2.18. The first-order valence-electron chi connectivity index (χ1n) is 5.80. The van der Waals surface area contributed by atoms with Crippen LogP contribution in [-0.2, 0) is 9.59 Å². The van der Waals surface area contributed by atoms with Gasteiger partial charge in [0.2, 0.25) is 5.91 Å². The van der Waals surface area contributed by atoms with E-state index < -0.39 is 23.7 Å². The van der Waals surface area contributed by atoms with Crippen molar-refractivity contribution in [2.24, 2.45) is 5.73 Å². The number of rotatable bonds is 6. The zero-order valence-corrected chi connectivity index (χ0v) is 11.2. The van der Waals surface area contributed by atoms with Gasteiger partial charge in [-0.15, -0.1) is 0 Å². The van der Waals surface area contributed by atoms with Crippen molar-refractivity contribution < 1.29 is 19.1 Å². The Balaban J connectivity index is 2.48. The van der Waals surface area contributed by atoms with Gasteiger partial charge < -0.3 is 16.2 Å². The van der Waals surface area contributed by atoms with Crippen LogP contribution in [0.25, 0.3) is 6.08 Å². The van der Waals surface area contributed by atoms with Gasteiger partial charge in [-0.25, -0.2) is 4.39 Å². The molecular formula is C13H14ClFN2O3. The molecule has 108 valence electrons. The third-order valence-corrected chi connectivity index (χ3v) is 2.76. The number of hydrogen-bond acceptors (Lipinski definition) is 3. The second kappa shape index (κ2) is 7.62. The van der Waals surface area contributed by atoms with Gasteiger partial charge in [0.05, 0.1) is 5.02 Å². The Bertz CT molecular complexity index is 534. The monoisotopic (exact) mass is 300 g/mol. The molecule has 0 fully saturated rings. The van der Waals surface area contributed by atoms with Crippen molar-refractivity contribution in [2.45, 2.75) is 12.5 Å². The fourth-order valence-electron chi connectivity index (χ4n) is 1.35. The van der Waals surface area contributed by atoms with Crippen molar-refractivity contribution in [1.82, 2.24) is 5.32 Å². The highest BCUT2D eigenvalue weighted by molar-refractivity contribution is 6.30. The second-order valence-electron chi connectivity index (χ2n) is 4.00. The summed E-state index contributed by atoms with van der Waals surface area (Å²) in [4.78, 5) is 21.9. The van der Waals surface area contributed by atoms with E-state index in [1.807, 2.05) is 0 Å². The predicted octanol–water partition coefficient (Wildman–Crippen LogP) is 1.41. The molecule has 0 radical (unpaired) electrons. The lowest BCUT2D eigenvalue weighted by atomic mass is 10.2. The van der Waals surface area contributed by atoms with Crippen molar-refractivity contribution in [3.05, 3.63) is 40.7 Å². The lowest BCUT2D eigenvalue weighted by molar-refractivity contribution is -0.138. The van der Waals surface area contributed by atoms with E-state index >= 15 is 0 Å². The summed E-state index contributed by atoms with van der Waals surface area (Å²) >= 11 is 5.60. The fourth-order valence-corrected chi connectivity index (χ4v) is 1.53. The Morgan fingerprint density at radius 2 is 2.20 bits per heavy atom. The van der Waals surface area contributed by atoms with Gasteiger partial charge in [-0.2, -0.15) is 0 Å². The van der Waals surface area contributed by atoms with E-state index in [0.717, 1.165) is 6.08 Å². The van der Waals surface area contributed by atoms with Gasteiger partial charge in [-0.3, -0.25) is 9.59 Å². The molecule has 0 bridgehead atoms. The van der Waals surface area contributed by atoms with Gasteiger partial charge in [0, 0.05) is 18.2 Å². The van der Waals surface area contributed by atoms with Crippen molar-refractivity contribution >= 4 is 29.6 Å². The number of carbonyl (C=O) groups excluding carboxylic acids is 1. The number of nitrogens with two attached hydrogens (primary N) is 1. The average Bonchev–Trinajstić information content (AvgIpc) is 2.40. The number of hydrogen-bond donors (Lipinski definition) is 3. The standard InChI is InChI=1S/C13H14ClFN2O3/c14-9-3-1-2-8(12(9)15)4-5-11(18)17-7-6-10(16)13(19)20/h1-5,10H,6-7,16H2,(H,17,18)(H,19,20)/b5-4+. The molecule has 7 heteroatoms. The summed E-state index contributed by atoms with van der Waals surface area (Å²) in [5.74, 6) is -2.20. The number of halogens is 2. The number of carboxylic acids is 1. The molecule has 1 rings (SSSR count). The van der Waals surface area contributed by atoms with Crippen molar-refractivity contribution in [1.29, 1.82) is 0 Å². The fraction of sp³-hybridized carbons (Fsp3) is 0.231. The SMILES string of the molecule is NC(CCNC(=O)/C=C/c1cccc(Cl)c1F)C(=O)O. The molecule has 1 atom stereocenters. The van der Waals surface area contributed by atoms with Gasteiger partial charge in [-0.05, 0) is 18.6 Å². The van der Waals surface area contributed by atoms with Crippen LogP contribution in [0.4, 0.5) is 4.39 Å². The first-order chi connectivity index (χ1) is 9.41. The van der Waals surface area contributed by atoms with Gasteiger partial charge in [-0.1, -0.05) is 23.7 Å². The molecule has 5 nitrogen and oxygen atoms in total. The number of benzene rings is 1. The highest BCUT2D eigenvalue weighted by Gasteiger charge is 2.10. The molecule has 1 unspecified atom stereocenters. The molecular weight excluding hydrogens is 287 g/mol. The summed E-state index contributed by atoms with van der Waals surface area (Å²) in [6.45, 7) is 0.120. The van der Waals surface area contributed by atoms with E-state index in [4.69, 9.17) is 22.4 Å². The number of carbonyl (C=O) groups is 2. The molecule has 0 saturated carbocycles. The van der Waals surface area contributed by atoms with Gasteiger partial charge in [0.15, 0.2) is 0 Å². The minimum atomic E-state index is -1.13. The third kappa shape index (κ3) is 4.99. The Kier molecular flexibility index (Phi) is 6.14. The first-order valence-corrected chi connectivity index (χ1v) is 6.18. The smallest absolute Gasteiger partial charge is 0.320 e. The molecule has 4 N–H and O–H groups in total. The molecule has 1 amide bonds. The predicted molar refractivity (Wildman–Crippen MR) is 73.7 cm³/mol. The normalized spacial score (nSPS) is 12.3. The second-order valence-corrected chi connectivity index (χ2v) is 4.41. The lowest BCUT2D eigenvalue weighted by Crippen LogP contribution is -2.34. The third-order valence-electron chi connectivity index (χ3n) is 2.47. The van der Waals surface area contributed by atoms with Gasteiger partial charge >= 0.3 is 5.97 Å². The minimum Gasteiger partial charge on any atom is -0.480 e. The summed E-state index contributed by atoms with van der Waals surface area (Å²) in [6, 6.07) is 3.42. The van der Waals surface area contributed by atoms with Crippen LogP contribution in [0.3, 0.4) is 0 Å². The number of nitrogens with one attached hydrogen (secondary N) is 1. The Labute approximate surface area is 120 Å². The molecule has 0 aliphatic rings. The number of aliphatic carboxylic acids is 1. The minimum absolute atomic E-state index is 0.0278. The maximum absolute atomic E-state index is 13.5. The maximum Gasteiger partial charge on any atom is 0.320 e. The summed E-state index contributed by atoms with van der Waals surface area (Å²) < 4.78 is 13.5. The highest BCUT2D eigenvalue weighted by atomic mass is 35.5. The first kappa shape index (κ1) is 16.1. The van der Waals surface area contributed by atoms with Crippen molar-refractivity contribution in [3.8, 4) is 0 Å². The topological polar surface area (TPSA) is 92.4 Å². The van der Waals surface area contributed by atoms with E-state index in [1.54, 1.807) is 6.07 Å². The van der Waals surface area contributed by atoms with Crippen molar-refractivity contribution in [3.63, 3.8) is 0 Å². The molecule has 0 saturated heterocycles. The summed E-state index contributed by atoms with van der Waals surface area (Å²) in [7, 11) is 0. The summed E-state index contributed by atoms with van der Waals surface area (Å²) in [6.07, 6.45) is 2.54. The van der Waals surface area contributed by atoms with E-state index in [9.17, 15) is 14.0 Å². The lowest BCUT2D eigenvalue weighted by Gasteiger charge is -2.06. The van der Waals surface area contributed by atoms with Crippen LogP contribution < -0.4 is 11.1 Å². The van der Waals surface area contributed by atoms with Gasteiger partial charge in [0.1, 0.15) is 11.9 Å². The molecule has 20 heavy (non-hydrogen) atoms. The quantitative estimate of drug-likeness (QED) is 0.693. The zero-order valence-electron chi connectivity index (χ0n) is 10.5. The molecule has 0 aliphatic heterocycles. The van der Waals surface area contributed by atoms with Crippen LogP contribution in [0.15, 0.2) is 24.3 Å². The summed E-state index contributed by atoms with van der Waals surface area (Å²) in [5.41, 5.74) is 5.46. The molecule has 0 aromatic heterocycles. The van der Waals surface area contributed by atoms with Crippen LogP contribution in [-0.4, -0.2) is 29.6 Å². The maximum atomic E-state index is 13.5. The number of amides is 1. The Morgan fingerprint density at radius 1 is 1.50 bits per heavy atom. The van der Waals surface area contributed by atoms with Crippen LogP contribution in [0, 0.1) is 5.82 Å². The largest absolute Gasteiger partial charge is 0.480 e. The van der Waals surface area contributed by atoms with Crippen molar-refractivity contribution in [2.75, 3.05) is 6.54 Å². The Morgan fingerprint density at radius 3 is 2.85 bits per heavy atom. The number of carboxylic acid groups (broad SMARTS) is 1.